The third-order valence-electron chi connectivity index (χ3n) is 6.79. The Morgan fingerprint density at radius 1 is 0.775 bits per heavy atom. The molecule has 0 unspecified atom stereocenters. The molecule has 0 aliphatic rings. The van der Waals surface area contributed by atoms with E-state index < -0.39 is 11.7 Å². The number of alkyl halides is 3. The Balaban J connectivity index is 1.31. The molecule has 0 aliphatic carbocycles. The molecular formula is C32H23F3N4O. The molecule has 0 amide bonds. The number of nitrogens with zero attached hydrogens (tertiary/aromatic N) is 2. The number of ether oxygens (including phenoxy) is 1. The molecule has 0 fully saturated rings. The number of nitrogens with two attached hydrogens (primary N) is 1. The molecular weight excluding hydrogens is 513 g/mol. The minimum atomic E-state index is -4.43. The molecule has 0 aliphatic heterocycles. The number of nitrogens with one attached hydrogen (secondary N) is 1. The van der Waals surface area contributed by atoms with Crippen molar-refractivity contribution < 1.29 is 17.9 Å². The highest BCUT2D eigenvalue weighted by atomic mass is 19.4. The van der Waals surface area contributed by atoms with E-state index in [1.54, 1.807) is 13.2 Å². The van der Waals surface area contributed by atoms with E-state index in [-0.39, 0.29) is 5.52 Å². The van der Waals surface area contributed by atoms with E-state index in [1.165, 1.54) is 12.3 Å². The first-order valence-corrected chi connectivity index (χ1v) is 12.5. The topological polar surface area (TPSA) is 73.1 Å². The molecule has 0 radical (unpaired) electrons. The number of fused-ring (bicyclic) bond motifs is 2. The van der Waals surface area contributed by atoms with Crippen LogP contribution in [-0.4, -0.2) is 17.1 Å². The second kappa shape index (κ2) is 9.89. The van der Waals surface area contributed by atoms with E-state index in [4.69, 9.17) is 10.5 Å². The van der Waals surface area contributed by atoms with Gasteiger partial charge in [-0.3, -0.25) is 4.98 Å². The maximum absolute atomic E-state index is 13.1. The molecule has 5 nitrogen and oxygen atoms in total. The molecule has 0 spiro atoms. The minimum Gasteiger partial charge on any atom is -0.496 e. The van der Waals surface area contributed by atoms with Crippen molar-refractivity contribution in [2.24, 2.45) is 0 Å². The van der Waals surface area contributed by atoms with Crippen molar-refractivity contribution >= 4 is 38.9 Å². The summed E-state index contributed by atoms with van der Waals surface area (Å²) in [7, 11) is 1.66. The zero-order valence-corrected chi connectivity index (χ0v) is 21.3. The number of aromatic nitrogens is 2. The van der Waals surface area contributed by atoms with E-state index in [0.717, 1.165) is 56.7 Å². The fraction of sp³-hybridized carbons (Fsp3) is 0.0625. The van der Waals surface area contributed by atoms with Gasteiger partial charge in [-0.2, -0.15) is 13.2 Å². The molecule has 6 aromatic rings. The van der Waals surface area contributed by atoms with E-state index in [1.807, 2.05) is 66.7 Å². The average Bonchev–Trinajstić information content (AvgIpc) is 2.96. The number of pyridine rings is 2. The molecule has 0 bridgehead atoms. The van der Waals surface area contributed by atoms with E-state index in [0.29, 0.717) is 16.9 Å². The van der Waals surface area contributed by atoms with Crippen LogP contribution < -0.4 is 15.8 Å². The molecule has 0 saturated heterocycles. The van der Waals surface area contributed by atoms with Gasteiger partial charge in [0.15, 0.2) is 0 Å². The van der Waals surface area contributed by atoms with Gasteiger partial charge in [-0.25, -0.2) is 4.98 Å². The first kappa shape index (κ1) is 25.2. The van der Waals surface area contributed by atoms with Crippen molar-refractivity contribution in [2.75, 3.05) is 18.2 Å². The summed E-state index contributed by atoms with van der Waals surface area (Å²) in [5.41, 5.74) is 10.7. The Morgan fingerprint density at radius 3 is 2.30 bits per heavy atom. The van der Waals surface area contributed by atoms with E-state index in [9.17, 15) is 13.2 Å². The summed E-state index contributed by atoms with van der Waals surface area (Å²) in [5, 5.41) is 5.93. The lowest BCUT2D eigenvalue weighted by Gasteiger charge is -2.13. The Bertz CT molecular complexity index is 1870. The number of anilines is 3. The van der Waals surface area contributed by atoms with E-state index in [2.05, 4.69) is 21.4 Å². The largest absolute Gasteiger partial charge is 0.496 e. The van der Waals surface area contributed by atoms with Gasteiger partial charge in [0, 0.05) is 33.9 Å². The molecule has 6 rings (SSSR count). The fourth-order valence-corrected chi connectivity index (χ4v) is 4.87. The monoisotopic (exact) mass is 536 g/mol. The number of hydrogen-bond acceptors (Lipinski definition) is 5. The van der Waals surface area contributed by atoms with Crippen LogP contribution >= 0.6 is 0 Å². The van der Waals surface area contributed by atoms with Gasteiger partial charge in [-0.05, 0) is 65.0 Å². The van der Waals surface area contributed by atoms with Crippen LogP contribution in [0.4, 0.5) is 30.4 Å². The van der Waals surface area contributed by atoms with Crippen LogP contribution in [0.3, 0.4) is 0 Å². The summed E-state index contributed by atoms with van der Waals surface area (Å²) in [6.45, 7) is 0. The quantitative estimate of drug-likeness (QED) is 0.231. The summed E-state index contributed by atoms with van der Waals surface area (Å²) >= 11 is 0. The van der Waals surface area contributed by atoms with Crippen LogP contribution in [0.25, 0.3) is 44.1 Å². The highest BCUT2D eigenvalue weighted by Crippen LogP contribution is 2.37. The molecule has 0 saturated carbocycles. The van der Waals surface area contributed by atoms with Crippen LogP contribution in [0.5, 0.6) is 5.75 Å². The number of halogens is 3. The highest BCUT2D eigenvalue weighted by Gasteiger charge is 2.30. The number of nitrogen functional groups attached to an aromatic ring is 1. The van der Waals surface area contributed by atoms with Crippen LogP contribution in [0.15, 0.2) is 103 Å². The third kappa shape index (κ3) is 4.75. The van der Waals surface area contributed by atoms with Crippen molar-refractivity contribution in [2.45, 2.75) is 6.18 Å². The summed E-state index contributed by atoms with van der Waals surface area (Å²) in [6.07, 6.45) is -2.94. The first-order valence-electron chi connectivity index (χ1n) is 12.5. The lowest BCUT2D eigenvalue weighted by molar-refractivity contribution is -0.137. The lowest BCUT2D eigenvalue weighted by atomic mass is 9.96. The van der Waals surface area contributed by atoms with Crippen molar-refractivity contribution in [1.82, 2.24) is 9.97 Å². The van der Waals surface area contributed by atoms with Crippen molar-refractivity contribution in [3.8, 4) is 28.1 Å². The molecule has 0 atom stereocenters. The molecule has 40 heavy (non-hydrogen) atoms. The van der Waals surface area contributed by atoms with Gasteiger partial charge in [0.2, 0.25) is 0 Å². The van der Waals surface area contributed by atoms with Crippen molar-refractivity contribution in [3.63, 3.8) is 0 Å². The van der Waals surface area contributed by atoms with Gasteiger partial charge >= 0.3 is 6.18 Å². The van der Waals surface area contributed by atoms with Crippen LogP contribution in [-0.2, 0) is 6.18 Å². The SMILES string of the molecule is COc1ccc(-c2cc(N)nc(-c3ccc(Nc4ccnc5cc(C(F)(F)F)ccc45)cc3)c2)c2ccccc12. The predicted octanol–water partition coefficient (Wildman–Crippen LogP) is 8.47. The second-order valence-electron chi connectivity index (χ2n) is 9.32. The lowest BCUT2D eigenvalue weighted by Crippen LogP contribution is -2.04. The summed E-state index contributed by atoms with van der Waals surface area (Å²) in [6, 6.07) is 28.8. The van der Waals surface area contributed by atoms with E-state index >= 15 is 0 Å². The van der Waals surface area contributed by atoms with Gasteiger partial charge in [0.05, 0.1) is 23.9 Å². The second-order valence-corrected chi connectivity index (χ2v) is 9.32. The summed E-state index contributed by atoms with van der Waals surface area (Å²) < 4.78 is 44.9. The van der Waals surface area contributed by atoms with Crippen molar-refractivity contribution in [1.29, 1.82) is 0 Å². The van der Waals surface area contributed by atoms with Crippen LogP contribution in [0.2, 0.25) is 0 Å². The molecule has 8 heteroatoms. The fourth-order valence-electron chi connectivity index (χ4n) is 4.87. The predicted molar refractivity (Wildman–Crippen MR) is 154 cm³/mol. The maximum Gasteiger partial charge on any atom is 0.416 e. The number of hydrogen-bond donors (Lipinski definition) is 2. The summed E-state index contributed by atoms with van der Waals surface area (Å²) in [4.78, 5) is 8.67. The number of benzene rings is 4. The van der Waals surface area contributed by atoms with Gasteiger partial charge < -0.3 is 15.8 Å². The third-order valence-corrected chi connectivity index (χ3v) is 6.79. The molecule has 2 heterocycles. The van der Waals surface area contributed by atoms with Gasteiger partial charge in [-0.15, -0.1) is 0 Å². The Morgan fingerprint density at radius 2 is 1.55 bits per heavy atom. The Labute approximate surface area is 228 Å². The molecule has 4 aromatic carbocycles. The number of rotatable bonds is 5. The minimum absolute atomic E-state index is 0.263. The average molecular weight is 537 g/mol. The molecule has 3 N–H and O–H groups in total. The van der Waals surface area contributed by atoms with Gasteiger partial charge in [0.1, 0.15) is 11.6 Å². The Hall–Kier alpha value is -5.11. The Kier molecular flexibility index (Phi) is 6.23. The zero-order valence-electron chi connectivity index (χ0n) is 21.3. The standard InChI is InChI=1S/C32H23F3N4O/c1-40-30-13-12-23(24-4-2-3-5-25(24)30)20-16-28(39-31(36)17-20)19-6-9-22(10-7-19)38-27-14-15-37-29-18-21(32(33,34)35)8-11-26(27)29/h2-18H,1H3,(H2,36,39)(H,37,38). The molecule has 198 valence electrons. The van der Waals surface area contributed by atoms with Crippen molar-refractivity contribution in [3.05, 3.63) is 109 Å². The molecule has 2 aromatic heterocycles. The smallest absolute Gasteiger partial charge is 0.416 e. The maximum atomic E-state index is 13.1. The first-order chi connectivity index (χ1) is 19.3. The zero-order chi connectivity index (χ0) is 27.9. The summed E-state index contributed by atoms with van der Waals surface area (Å²) in [5.74, 6) is 1.20. The van der Waals surface area contributed by atoms with Gasteiger partial charge in [0.25, 0.3) is 0 Å². The highest BCUT2D eigenvalue weighted by molar-refractivity contribution is 6.01. The van der Waals surface area contributed by atoms with Crippen LogP contribution in [0.1, 0.15) is 5.56 Å². The number of methoxy groups -OCH3 is 1. The van der Waals surface area contributed by atoms with Crippen LogP contribution in [0, 0.1) is 0 Å². The normalized spacial score (nSPS) is 11.6. The van der Waals surface area contributed by atoms with Gasteiger partial charge in [-0.1, -0.05) is 48.5 Å².